The summed E-state index contributed by atoms with van der Waals surface area (Å²) >= 11 is 0. The van der Waals surface area contributed by atoms with Crippen LogP contribution in [0.15, 0.2) is 12.2 Å². The number of fused-ring (bicyclic) bond motifs is 1. The van der Waals surface area contributed by atoms with E-state index in [1.807, 2.05) is 0 Å². The first-order valence-electron chi connectivity index (χ1n) is 3.15. The average molecular weight is 126 g/mol. The molecule has 1 heteroatoms. The predicted octanol–water partition coefficient (Wildman–Crippen LogP) is 1.79. The smallest absolute Gasteiger partial charge is 0.0213 e. The second kappa shape index (κ2) is 1.73. The minimum atomic E-state index is 0.734. The van der Waals surface area contributed by atoms with Crippen molar-refractivity contribution in [2.75, 3.05) is 5.75 Å². The van der Waals surface area contributed by atoms with Crippen molar-refractivity contribution in [1.82, 2.24) is 0 Å². The highest BCUT2D eigenvalue weighted by atomic mass is 32.2. The third-order valence-electron chi connectivity index (χ3n) is 1.80. The second-order valence-electron chi connectivity index (χ2n) is 2.33. The van der Waals surface area contributed by atoms with Crippen molar-refractivity contribution in [2.24, 2.45) is 0 Å². The summed E-state index contributed by atoms with van der Waals surface area (Å²) in [5.41, 5.74) is 0. The van der Waals surface area contributed by atoms with E-state index in [2.05, 4.69) is 17.5 Å². The Morgan fingerprint density at radius 3 is 2.88 bits per heavy atom. The number of rotatable bonds is 0. The van der Waals surface area contributed by atoms with Crippen molar-refractivity contribution in [3.63, 3.8) is 0 Å². The summed E-state index contributed by atoms with van der Waals surface area (Å²) in [4.78, 5) is 0. The normalized spacial score (nSPS) is 42.0. The summed E-state index contributed by atoms with van der Waals surface area (Å²) in [7, 11) is 0.734. The van der Waals surface area contributed by atoms with Crippen molar-refractivity contribution in [3.8, 4) is 0 Å². The monoisotopic (exact) mass is 126 g/mol. The van der Waals surface area contributed by atoms with Gasteiger partial charge in [-0.1, -0.05) is 17.5 Å². The van der Waals surface area contributed by atoms with E-state index in [0.29, 0.717) is 0 Å². The Balaban J connectivity index is 2.24. The Morgan fingerprint density at radius 1 is 1.50 bits per heavy atom. The van der Waals surface area contributed by atoms with Crippen molar-refractivity contribution in [2.45, 2.75) is 18.1 Å². The predicted molar refractivity (Wildman–Crippen MR) is 40.7 cm³/mol. The standard InChI is InChI=1S/C7H10S/c1-2-5-8-6-4-7(8)3-1/h1,3,6-7H,2,4-5H2. The van der Waals surface area contributed by atoms with Crippen LogP contribution in [0.3, 0.4) is 0 Å². The van der Waals surface area contributed by atoms with Gasteiger partial charge in [0.05, 0.1) is 0 Å². The van der Waals surface area contributed by atoms with Gasteiger partial charge in [0.15, 0.2) is 0 Å². The lowest BCUT2D eigenvalue weighted by molar-refractivity contribution is 1.06. The molecular formula is C7H10S. The lowest BCUT2D eigenvalue weighted by Crippen LogP contribution is -2.16. The Morgan fingerprint density at radius 2 is 2.50 bits per heavy atom. The highest BCUT2D eigenvalue weighted by molar-refractivity contribution is 8.17. The van der Waals surface area contributed by atoms with Gasteiger partial charge >= 0.3 is 0 Å². The highest BCUT2D eigenvalue weighted by Gasteiger charge is 2.18. The molecule has 0 radical (unpaired) electrons. The molecule has 0 bridgehead atoms. The van der Waals surface area contributed by atoms with Crippen LogP contribution in [0.5, 0.6) is 0 Å². The van der Waals surface area contributed by atoms with Crippen molar-refractivity contribution < 1.29 is 0 Å². The van der Waals surface area contributed by atoms with E-state index in [-0.39, 0.29) is 0 Å². The number of allylic oxidation sites excluding steroid dienone is 1. The third kappa shape index (κ3) is 0.576. The number of hydrogen-bond acceptors (Lipinski definition) is 0. The molecule has 2 aliphatic rings. The summed E-state index contributed by atoms with van der Waals surface area (Å²) in [5.74, 6) is 1.45. The Hall–Kier alpha value is -0.0400. The van der Waals surface area contributed by atoms with Crippen LogP contribution < -0.4 is 0 Å². The van der Waals surface area contributed by atoms with E-state index >= 15 is 0 Å². The number of hydrogen-bond donors (Lipinski definition) is 0. The summed E-state index contributed by atoms with van der Waals surface area (Å²) in [6, 6.07) is 0. The largest absolute Gasteiger partial charge is 0.182 e. The zero-order chi connectivity index (χ0) is 5.40. The minimum Gasteiger partial charge on any atom is -0.182 e. The van der Waals surface area contributed by atoms with Crippen LogP contribution in [0.1, 0.15) is 12.8 Å². The molecule has 0 fully saturated rings. The maximum absolute atomic E-state index is 2.48. The van der Waals surface area contributed by atoms with E-state index in [9.17, 15) is 0 Å². The molecule has 0 nitrogen and oxygen atoms in total. The van der Waals surface area contributed by atoms with Gasteiger partial charge in [0.25, 0.3) is 0 Å². The first-order valence-corrected chi connectivity index (χ1v) is 4.67. The van der Waals surface area contributed by atoms with E-state index in [4.69, 9.17) is 0 Å². The maximum atomic E-state index is 2.48. The van der Waals surface area contributed by atoms with E-state index in [1.165, 1.54) is 18.6 Å². The summed E-state index contributed by atoms with van der Waals surface area (Å²) in [5, 5.41) is 3.46. The van der Waals surface area contributed by atoms with Gasteiger partial charge in [-0.3, -0.25) is 0 Å². The quantitative estimate of drug-likeness (QED) is 0.343. The molecule has 0 aromatic rings. The molecule has 0 spiro atoms. The third-order valence-corrected chi connectivity index (χ3v) is 4.26. The first kappa shape index (κ1) is 4.80. The lowest BCUT2D eigenvalue weighted by Gasteiger charge is -2.28. The Bertz CT molecular complexity index is 156. The van der Waals surface area contributed by atoms with Crippen LogP contribution in [0.2, 0.25) is 0 Å². The van der Waals surface area contributed by atoms with Crippen molar-refractivity contribution in [1.29, 1.82) is 0 Å². The van der Waals surface area contributed by atoms with Crippen molar-refractivity contribution in [3.05, 3.63) is 12.2 Å². The molecule has 0 amide bonds. The molecule has 2 atom stereocenters. The molecule has 0 saturated heterocycles. The molecule has 2 unspecified atom stereocenters. The topological polar surface area (TPSA) is 0 Å². The van der Waals surface area contributed by atoms with Crippen LogP contribution >= 0.6 is 10.5 Å². The Labute approximate surface area is 52.5 Å². The van der Waals surface area contributed by atoms with Crippen LogP contribution in [0.25, 0.3) is 0 Å². The first-order chi connectivity index (χ1) is 3.97. The maximum Gasteiger partial charge on any atom is 0.0213 e. The van der Waals surface area contributed by atoms with Gasteiger partial charge in [0.2, 0.25) is 0 Å². The highest BCUT2D eigenvalue weighted by Crippen LogP contribution is 2.36. The fourth-order valence-corrected chi connectivity index (χ4v) is 3.09. The van der Waals surface area contributed by atoms with Crippen LogP contribution in [0.4, 0.5) is 0 Å². The van der Waals surface area contributed by atoms with Gasteiger partial charge in [0, 0.05) is 5.25 Å². The van der Waals surface area contributed by atoms with Gasteiger partial charge in [-0.25, -0.2) is 0 Å². The molecule has 0 aliphatic carbocycles. The molecule has 44 valence electrons. The lowest BCUT2D eigenvalue weighted by atomic mass is 10.2. The minimum absolute atomic E-state index is 0.734. The molecule has 2 heterocycles. The van der Waals surface area contributed by atoms with Crippen LogP contribution in [0, 0.1) is 0 Å². The zero-order valence-corrected chi connectivity index (χ0v) is 5.66. The van der Waals surface area contributed by atoms with Gasteiger partial charge in [0.1, 0.15) is 0 Å². The summed E-state index contributed by atoms with van der Waals surface area (Å²) in [6.45, 7) is 0. The van der Waals surface area contributed by atoms with Gasteiger partial charge in [-0.05, 0) is 18.6 Å². The molecular weight excluding hydrogens is 116 g/mol. The van der Waals surface area contributed by atoms with E-state index in [0.717, 1.165) is 15.7 Å². The molecule has 2 rings (SSSR count). The second-order valence-corrected chi connectivity index (χ2v) is 4.62. The SMILES string of the molecule is C1=CC2CC=S2CC1. The molecule has 0 saturated carbocycles. The molecule has 0 aromatic heterocycles. The fourth-order valence-electron chi connectivity index (χ4n) is 1.21. The van der Waals surface area contributed by atoms with Crippen LogP contribution in [-0.4, -0.2) is 16.4 Å². The van der Waals surface area contributed by atoms with E-state index in [1.54, 1.807) is 0 Å². The average Bonchev–Trinajstić information content (AvgIpc) is 1.72. The summed E-state index contributed by atoms with van der Waals surface area (Å²) in [6.07, 6.45) is 7.42. The van der Waals surface area contributed by atoms with Crippen molar-refractivity contribution >= 4 is 15.9 Å². The van der Waals surface area contributed by atoms with Crippen LogP contribution in [-0.2, 0) is 0 Å². The van der Waals surface area contributed by atoms with Gasteiger partial charge in [-0.2, -0.15) is 10.5 Å². The molecule has 0 aromatic carbocycles. The van der Waals surface area contributed by atoms with Gasteiger partial charge < -0.3 is 0 Å². The fraction of sp³-hybridized carbons (Fsp3) is 0.571. The Kier molecular flexibility index (Phi) is 1.04. The zero-order valence-electron chi connectivity index (χ0n) is 4.84. The molecule has 2 aliphatic heterocycles. The summed E-state index contributed by atoms with van der Waals surface area (Å²) < 4.78 is 0. The van der Waals surface area contributed by atoms with E-state index < -0.39 is 0 Å². The molecule has 0 N–H and O–H groups in total. The van der Waals surface area contributed by atoms with Gasteiger partial charge in [-0.15, -0.1) is 0 Å². The molecule has 8 heavy (non-hydrogen) atoms.